The average molecular weight is 542 g/mol. The van der Waals surface area contributed by atoms with Gasteiger partial charge in [-0.25, -0.2) is 0 Å². The zero-order valence-electron chi connectivity index (χ0n) is 22.7. The Morgan fingerprint density at radius 2 is 1.62 bits per heavy atom. The van der Waals surface area contributed by atoms with E-state index in [0.717, 1.165) is 34.4 Å². The summed E-state index contributed by atoms with van der Waals surface area (Å²) in [6, 6.07) is 22.8. The van der Waals surface area contributed by atoms with Crippen LogP contribution in [0.15, 0.2) is 71.1 Å². The maximum Gasteiger partial charge on any atom is 0.297 e. The molecule has 0 saturated heterocycles. The van der Waals surface area contributed by atoms with E-state index in [0.29, 0.717) is 12.1 Å². The summed E-state index contributed by atoms with van der Waals surface area (Å²) < 4.78 is 30.8. The van der Waals surface area contributed by atoms with Crippen molar-refractivity contribution in [2.45, 2.75) is 56.8 Å². The van der Waals surface area contributed by atoms with Gasteiger partial charge in [0.2, 0.25) is 0 Å². The molecule has 0 N–H and O–H groups in total. The molecule has 0 unspecified atom stereocenters. The molecule has 1 aliphatic carbocycles. The van der Waals surface area contributed by atoms with Crippen molar-refractivity contribution in [3.63, 3.8) is 0 Å². The van der Waals surface area contributed by atoms with Gasteiger partial charge >= 0.3 is 0 Å². The highest BCUT2D eigenvalue weighted by Crippen LogP contribution is 2.28. The maximum atomic E-state index is 12.7. The molecule has 6 nitrogen and oxygen atoms in total. The van der Waals surface area contributed by atoms with Crippen LogP contribution in [0.3, 0.4) is 0 Å². The molecular weight excluding hydrogens is 506 g/mol. The number of nitrogens with zero attached hydrogens (tertiary/aromatic N) is 3. The molecule has 7 heteroatoms. The number of likely N-dealkylation sites (N-methyl/N-ethyl adjacent to an activating group) is 1. The zero-order valence-corrected chi connectivity index (χ0v) is 23.5. The van der Waals surface area contributed by atoms with Crippen LogP contribution < -0.4 is 4.90 Å². The van der Waals surface area contributed by atoms with Crippen LogP contribution in [0, 0.1) is 28.6 Å². The van der Waals surface area contributed by atoms with Crippen molar-refractivity contribution in [2.24, 2.45) is 5.92 Å². The van der Waals surface area contributed by atoms with Gasteiger partial charge in [0.15, 0.2) is 0 Å². The summed E-state index contributed by atoms with van der Waals surface area (Å²) in [7, 11) is -1.93. The van der Waals surface area contributed by atoms with E-state index < -0.39 is 10.1 Å². The Labute approximate surface area is 232 Å². The Morgan fingerprint density at radius 1 is 0.949 bits per heavy atom. The van der Waals surface area contributed by atoms with E-state index in [-0.39, 0.29) is 17.1 Å². The first-order chi connectivity index (χ1) is 18.8. The van der Waals surface area contributed by atoms with Crippen molar-refractivity contribution in [1.82, 2.24) is 0 Å². The molecule has 0 spiro atoms. The van der Waals surface area contributed by atoms with Crippen molar-refractivity contribution in [3.05, 3.63) is 77.4 Å². The number of hydrogen-bond acceptors (Lipinski definition) is 6. The predicted octanol–water partition coefficient (Wildman–Crippen LogP) is 7.02. The number of rotatable bonds is 10. The van der Waals surface area contributed by atoms with E-state index in [1.807, 2.05) is 72.6 Å². The Kier molecular flexibility index (Phi) is 9.41. The van der Waals surface area contributed by atoms with E-state index in [4.69, 9.17) is 14.7 Å². The molecule has 3 aromatic rings. The fraction of sp³-hybridized carbons (Fsp3) is 0.375. The van der Waals surface area contributed by atoms with E-state index in [9.17, 15) is 8.42 Å². The first-order valence-corrected chi connectivity index (χ1v) is 15.0. The highest BCUT2D eigenvalue weighted by Gasteiger charge is 2.17. The van der Waals surface area contributed by atoms with Crippen LogP contribution in [0.5, 0.6) is 0 Å². The number of allylic oxidation sites excluding steroid dienone is 2. The molecule has 1 saturated carbocycles. The molecule has 202 valence electrons. The van der Waals surface area contributed by atoms with Gasteiger partial charge in [-0.3, -0.25) is 4.18 Å². The molecule has 3 aromatic carbocycles. The second kappa shape index (κ2) is 12.9. The Bertz CT molecular complexity index is 1510. The van der Waals surface area contributed by atoms with Crippen molar-refractivity contribution >= 4 is 32.2 Å². The van der Waals surface area contributed by atoms with Gasteiger partial charge in [-0.1, -0.05) is 62.4 Å². The van der Waals surface area contributed by atoms with Crippen LogP contribution in [0.2, 0.25) is 0 Å². The molecular formula is C32H35N3O3S. The molecule has 0 radical (unpaired) electrons. The molecule has 0 aliphatic heterocycles. The smallest absolute Gasteiger partial charge is 0.297 e. The number of nitriles is 2. The molecule has 0 atom stereocenters. The molecule has 0 bridgehead atoms. The van der Waals surface area contributed by atoms with Gasteiger partial charge < -0.3 is 4.90 Å². The van der Waals surface area contributed by atoms with Gasteiger partial charge in [0.25, 0.3) is 10.1 Å². The first-order valence-electron chi connectivity index (χ1n) is 13.6. The highest BCUT2D eigenvalue weighted by atomic mass is 32.2. The number of benzene rings is 3. The minimum atomic E-state index is -3.83. The van der Waals surface area contributed by atoms with E-state index in [2.05, 4.69) is 0 Å². The van der Waals surface area contributed by atoms with Crippen LogP contribution in [0.1, 0.15) is 56.6 Å². The molecule has 1 aliphatic rings. The van der Waals surface area contributed by atoms with Gasteiger partial charge in [-0.15, -0.1) is 0 Å². The maximum absolute atomic E-state index is 12.7. The number of aryl methyl sites for hydroxylation is 1. The lowest BCUT2D eigenvalue weighted by atomic mass is 9.85. The summed E-state index contributed by atoms with van der Waals surface area (Å²) in [6.07, 6.45) is 8.83. The van der Waals surface area contributed by atoms with Crippen molar-refractivity contribution in [3.8, 4) is 12.1 Å². The number of anilines is 1. The summed E-state index contributed by atoms with van der Waals surface area (Å²) >= 11 is 0. The van der Waals surface area contributed by atoms with Crippen LogP contribution in [0.25, 0.3) is 16.3 Å². The minimum Gasteiger partial charge on any atom is -0.372 e. The fourth-order valence-electron chi connectivity index (χ4n) is 5.19. The second-order valence-corrected chi connectivity index (χ2v) is 12.0. The summed E-state index contributed by atoms with van der Waals surface area (Å²) in [5.41, 5.74) is 3.68. The van der Waals surface area contributed by atoms with Crippen molar-refractivity contribution < 1.29 is 12.6 Å². The Morgan fingerprint density at radius 3 is 2.31 bits per heavy atom. The molecule has 0 heterocycles. The van der Waals surface area contributed by atoms with Gasteiger partial charge in [0, 0.05) is 19.3 Å². The topological polar surface area (TPSA) is 94.2 Å². The van der Waals surface area contributed by atoms with Crippen LogP contribution in [-0.2, 0) is 20.7 Å². The molecule has 39 heavy (non-hydrogen) atoms. The van der Waals surface area contributed by atoms with Crippen LogP contribution in [0.4, 0.5) is 5.69 Å². The minimum absolute atomic E-state index is 0.0360. The molecule has 0 aromatic heterocycles. The van der Waals surface area contributed by atoms with Gasteiger partial charge in [-0.05, 0) is 83.5 Å². The SMILES string of the molecule is CC(=C(C#N)C#N)c1ccc2cc(N(C)CCOS(=O)(=O)c3ccc(CCC4CCCCC4)cc3)ccc2c1. The third-order valence-corrected chi connectivity index (χ3v) is 9.07. The van der Waals surface area contributed by atoms with Crippen molar-refractivity contribution in [2.75, 3.05) is 25.1 Å². The van der Waals surface area contributed by atoms with Crippen LogP contribution >= 0.6 is 0 Å². The van der Waals surface area contributed by atoms with Gasteiger partial charge in [-0.2, -0.15) is 18.9 Å². The third-order valence-electron chi connectivity index (χ3n) is 7.74. The largest absolute Gasteiger partial charge is 0.372 e. The zero-order chi connectivity index (χ0) is 27.8. The number of hydrogen-bond donors (Lipinski definition) is 0. The predicted molar refractivity (Wildman–Crippen MR) is 156 cm³/mol. The lowest BCUT2D eigenvalue weighted by molar-refractivity contribution is 0.325. The Hall–Kier alpha value is -3.65. The quantitative estimate of drug-likeness (QED) is 0.202. The summed E-state index contributed by atoms with van der Waals surface area (Å²) in [5.74, 6) is 0.802. The van der Waals surface area contributed by atoms with E-state index in [1.54, 1.807) is 19.1 Å². The summed E-state index contributed by atoms with van der Waals surface area (Å²) in [6.45, 7) is 2.21. The van der Waals surface area contributed by atoms with Crippen LogP contribution in [-0.4, -0.2) is 28.6 Å². The second-order valence-electron chi connectivity index (χ2n) is 10.4. The van der Waals surface area contributed by atoms with E-state index in [1.165, 1.54) is 44.1 Å². The average Bonchev–Trinajstić information content (AvgIpc) is 2.96. The monoisotopic (exact) mass is 541 g/mol. The summed E-state index contributed by atoms with van der Waals surface area (Å²) in [4.78, 5) is 2.14. The lowest BCUT2D eigenvalue weighted by Gasteiger charge is -2.21. The number of fused-ring (bicyclic) bond motifs is 1. The first kappa shape index (κ1) is 28.4. The normalized spacial score (nSPS) is 13.9. The highest BCUT2D eigenvalue weighted by molar-refractivity contribution is 7.86. The third kappa shape index (κ3) is 7.26. The van der Waals surface area contributed by atoms with E-state index >= 15 is 0 Å². The molecule has 1 fully saturated rings. The van der Waals surface area contributed by atoms with Crippen molar-refractivity contribution in [1.29, 1.82) is 10.5 Å². The Balaban J connectivity index is 1.32. The summed E-state index contributed by atoms with van der Waals surface area (Å²) in [5, 5.41) is 20.3. The standard InChI is InChI=1S/C32H35N3O3S/c1-24(30(22-33)23-34)27-12-13-29-21-31(15-14-28(29)20-27)35(2)18-19-38-39(36,37)32-16-10-26(11-17-32)9-8-25-6-4-3-5-7-25/h10-17,20-21,25H,3-9,18-19H2,1-2H3. The fourth-order valence-corrected chi connectivity index (χ4v) is 6.09. The van der Waals surface area contributed by atoms with Gasteiger partial charge in [0.05, 0.1) is 11.5 Å². The molecule has 4 rings (SSSR count). The van der Waals surface area contributed by atoms with Gasteiger partial charge in [0.1, 0.15) is 17.7 Å². The lowest BCUT2D eigenvalue weighted by Crippen LogP contribution is -2.24. The molecule has 0 amide bonds.